The molecular weight excluding hydrogens is 228 g/mol. The second-order valence-electron chi connectivity index (χ2n) is 5.23. The first-order valence-corrected chi connectivity index (χ1v) is 7.72. The fourth-order valence-corrected chi connectivity index (χ4v) is 4.06. The van der Waals surface area contributed by atoms with Gasteiger partial charge in [0.1, 0.15) is 0 Å². The average Bonchev–Trinajstić information content (AvgIpc) is 2.72. The van der Waals surface area contributed by atoms with E-state index in [1.54, 1.807) is 0 Å². The van der Waals surface area contributed by atoms with Crippen molar-refractivity contribution in [3.63, 3.8) is 0 Å². The number of nitrogens with zero attached hydrogens (tertiary/aromatic N) is 1. The largest absolute Gasteiger partial charge is 0.330 e. The molecule has 0 spiro atoms. The molecule has 0 aromatic carbocycles. The number of nitrogens with two attached hydrogens (primary N) is 1. The minimum atomic E-state index is 0.730. The molecule has 0 radical (unpaired) electrons. The Balaban J connectivity index is 2.00. The van der Waals surface area contributed by atoms with Gasteiger partial charge in [0.25, 0.3) is 0 Å². The van der Waals surface area contributed by atoms with Crippen molar-refractivity contribution in [1.82, 2.24) is 4.98 Å². The van der Waals surface area contributed by atoms with Crippen LogP contribution >= 0.6 is 11.3 Å². The summed E-state index contributed by atoms with van der Waals surface area (Å²) >= 11 is 1.91. The second kappa shape index (κ2) is 5.96. The molecule has 0 amide bonds. The molecule has 0 saturated heterocycles. The van der Waals surface area contributed by atoms with Crippen molar-refractivity contribution < 1.29 is 0 Å². The van der Waals surface area contributed by atoms with Crippen LogP contribution in [0.25, 0.3) is 0 Å². The Labute approximate surface area is 109 Å². The summed E-state index contributed by atoms with van der Waals surface area (Å²) < 4.78 is 0. The van der Waals surface area contributed by atoms with E-state index in [1.807, 2.05) is 11.3 Å². The van der Waals surface area contributed by atoms with Gasteiger partial charge in [-0.1, -0.05) is 13.3 Å². The summed E-state index contributed by atoms with van der Waals surface area (Å²) in [6.07, 6.45) is 7.81. The van der Waals surface area contributed by atoms with Crippen LogP contribution in [0, 0.1) is 12.8 Å². The van der Waals surface area contributed by atoms with Crippen molar-refractivity contribution in [1.29, 1.82) is 0 Å². The van der Waals surface area contributed by atoms with Crippen LogP contribution in [0.15, 0.2) is 0 Å². The maximum absolute atomic E-state index is 5.63. The van der Waals surface area contributed by atoms with Gasteiger partial charge in [0, 0.05) is 10.8 Å². The highest BCUT2D eigenvalue weighted by Gasteiger charge is 2.24. The first kappa shape index (κ1) is 13.0. The highest BCUT2D eigenvalue weighted by Crippen LogP contribution is 2.39. The van der Waals surface area contributed by atoms with Gasteiger partial charge >= 0.3 is 0 Å². The molecule has 0 bridgehead atoms. The van der Waals surface area contributed by atoms with Crippen LogP contribution in [-0.2, 0) is 6.42 Å². The van der Waals surface area contributed by atoms with Gasteiger partial charge in [-0.25, -0.2) is 4.98 Å². The number of aryl methyl sites for hydroxylation is 1. The molecule has 1 aromatic rings. The predicted octanol–water partition coefficient (Wildman–Crippen LogP) is 3.64. The summed E-state index contributed by atoms with van der Waals surface area (Å²) in [5.41, 5.74) is 6.85. The van der Waals surface area contributed by atoms with Crippen LogP contribution in [-0.4, -0.2) is 11.5 Å². The molecule has 1 aliphatic carbocycles. The Morgan fingerprint density at radius 1 is 1.29 bits per heavy atom. The van der Waals surface area contributed by atoms with Gasteiger partial charge in [0.2, 0.25) is 0 Å². The van der Waals surface area contributed by atoms with E-state index in [1.165, 1.54) is 47.7 Å². The summed E-state index contributed by atoms with van der Waals surface area (Å²) in [6, 6.07) is 0. The number of hydrogen-bond acceptors (Lipinski definition) is 3. The van der Waals surface area contributed by atoms with E-state index in [-0.39, 0.29) is 0 Å². The number of rotatable bonds is 4. The van der Waals surface area contributed by atoms with E-state index in [9.17, 15) is 0 Å². The smallest absolute Gasteiger partial charge is 0.0961 e. The molecule has 1 aliphatic rings. The van der Waals surface area contributed by atoms with Gasteiger partial charge in [0.15, 0.2) is 0 Å². The maximum Gasteiger partial charge on any atom is 0.0961 e. The summed E-state index contributed by atoms with van der Waals surface area (Å²) in [7, 11) is 0. The van der Waals surface area contributed by atoms with Crippen molar-refractivity contribution in [3.8, 4) is 0 Å². The number of aromatic nitrogens is 1. The molecule has 0 unspecified atom stereocenters. The Hall–Kier alpha value is -0.410. The van der Waals surface area contributed by atoms with Crippen LogP contribution in [0.4, 0.5) is 0 Å². The van der Waals surface area contributed by atoms with E-state index >= 15 is 0 Å². The van der Waals surface area contributed by atoms with Gasteiger partial charge in [-0.2, -0.15) is 0 Å². The predicted molar refractivity (Wildman–Crippen MR) is 74.6 cm³/mol. The average molecular weight is 252 g/mol. The number of thiazole rings is 1. The molecular formula is C14H24N2S. The fraction of sp³-hybridized carbons (Fsp3) is 0.786. The summed E-state index contributed by atoms with van der Waals surface area (Å²) in [5, 5.41) is 1.38. The van der Waals surface area contributed by atoms with Gasteiger partial charge in [0.05, 0.1) is 10.7 Å². The molecule has 2 nitrogen and oxygen atoms in total. The molecule has 96 valence electrons. The first-order chi connectivity index (χ1) is 8.24. The minimum Gasteiger partial charge on any atom is -0.330 e. The Morgan fingerprint density at radius 2 is 2.00 bits per heavy atom. The third-order valence-corrected chi connectivity index (χ3v) is 5.43. The Kier molecular flexibility index (Phi) is 4.57. The van der Waals surface area contributed by atoms with E-state index in [0.717, 1.165) is 24.8 Å². The highest BCUT2D eigenvalue weighted by atomic mass is 32.1. The zero-order valence-corrected chi connectivity index (χ0v) is 11.9. The van der Waals surface area contributed by atoms with E-state index in [2.05, 4.69) is 13.8 Å². The van der Waals surface area contributed by atoms with E-state index in [4.69, 9.17) is 10.7 Å². The SMILES string of the molecule is CCC1CCC(c2nc(C)c(CCN)s2)CC1. The summed E-state index contributed by atoms with van der Waals surface area (Å²) in [6.45, 7) is 5.19. The summed E-state index contributed by atoms with van der Waals surface area (Å²) in [5.74, 6) is 1.70. The third-order valence-electron chi connectivity index (χ3n) is 4.05. The normalized spacial score (nSPS) is 25.1. The van der Waals surface area contributed by atoms with Gasteiger partial charge in [-0.15, -0.1) is 11.3 Å². The summed E-state index contributed by atoms with van der Waals surface area (Å²) in [4.78, 5) is 6.17. The quantitative estimate of drug-likeness (QED) is 0.888. The third kappa shape index (κ3) is 3.08. The lowest BCUT2D eigenvalue weighted by Gasteiger charge is -2.26. The lowest BCUT2D eigenvalue weighted by molar-refractivity contribution is 0.318. The molecule has 1 aromatic heterocycles. The maximum atomic E-state index is 5.63. The highest BCUT2D eigenvalue weighted by molar-refractivity contribution is 7.11. The zero-order valence-electron chi connectivity index (χ0n) is 11.0. The van der Waals surface area contributed by atoms with Gasteiger partial charge in [-0.3, -0.25) is 0 Å². The van der Waals surface area contributed by atoms with E-state index < -0.39 is 0 Å². The number of hydrogen-bond donors (Lipinski definition) is 1. The Morgan fingerprint density at radius 3 is 2.59 bits per heavy atom. The van der Waals surface area contributed by atoms with Gasteiger partial charge in [-0.05, 0) is 51.5 Å². The van der Waals surface area contributed by atoms with Crippen molar-refractivity contribution in [2.45, 2.75) is 58.3 Å². The molecule has 17 heavy (non-hydrogen) atoms. The lowest BCUT2D eigenvalue weighted by atomic mass is 9.81. The molecule has 1 fully saturated rings. The second-order valence-corrected chi connectivity index (χ2v) is 6.34. The van der Waals surface area contributed by atoms with Crippen molar-refractivity contribution >= 4 is 11.3 Å². The first-order valence-electron chi connectivity index (χ1n) is 6.90. The topological polar surface area (TPSA) is 38.9 Å². The molecule has 0 aliphatic heterocycles. The lowest BCUT2D eigenvalue weighted by Crippen LogP contribution is -2.12. The van der Waals surface area contributed by atoms with Crippen molar-refractivity contribution in [2.75, 3.05) is 6.54 Å². The van der Waals surface area contributed by atoms with E-state index in [0.29, 0.717) is 0 Å². The monoisotopic (exact) mass is 252 g/mol. The minimum absolute atomic E-state index is 0.730. The van der Waals surface area contributed by atoms with Crippen LogP contribution in [0.3, 0.4) is 0 Å². The zero-order chi connectivity index (χ0) is 12.3. The van der Waals surface area contributed by atoms with Crippen molar-refractivity contribution in [2.24, 2.45) is 11.7 Å². The van der Waals surface area contributed by atoms with Crippen LogP contribution in [0.2, 0.25) is 0 Å². The molecule has 2 N–H and O–H groups in total. The van der Waals surface area contributed by atoms with Crippen LogP contribution in [0.5, 0.6) is 0 Å². The molecule has 2 rings (SSSR count). The Bertz CT molecular complexity index is 351. The van der Waals surface area contributed by atoms with Gasteiger partial charge < -0.3 is 5.73 Å². The van der Waals surface area contributed by atoms with Crippen LogP contribution < -0.4 is 5.73 Å². The molecule has 0 atom stereocenters. The van der Waals surface area contributed by atoms with Crippen LogP contribution in [0.1, 0.15) is 60.5 Å². The molecule has 3 heteroatoms. The molecule has 1 saturated carbocycles. The van der Waals surface area contributed by atoms with Crippen molar-refractivity contribution in [3.05, 3.63) is 15.6 Å². The standard InChI is InChI=1S/C14H24N2S/c1-3-11-4-6-12(7-5-11)14-16-10(2)13(17-14)8-9-15/h11-12H,3-9,15H2,1-2H3. The molecule has 1 heterocycles. The fourth-order valence-electron chi connectivity index (χ4n) is 2.81.